The highest BCUT2D eigenvalue weighted by Gasteiger charge is 2.31. The zero-order valence-corrected chi connectivity index (χ0v) is 13.4. The second-order valence-electron chi connectivity index (χ2n) is 5.10. The lowest BCUT2D eigenvalue weighted by Crippen LogP contribution is -2.18. The Morgan fingerprint density at radius 2 is 2.27 bits per heavy atom. The normalized spacial score (nSPS) is 26.8. The van der Waals surface area contributed by atoms with E-state index in [1.807, 2.05) is 6.21 Å². The van der Waals surface area contributed by atoms with Crippen molar-refractivity contribution in [2.75, 3.05) is 24.6 Å². The average molecular weight is 334 g/mol. The van der Waals surface area contributed by atoms with Crippen LogP contribution in [0.15, 0.2) is 35.7 Å². The van der Waals surface area contributed by atoms with Crippen molar-refractivity contribution in [1.29, 1.82) is 0 Å². The summed E-state index contributed by atoms with van der Waals surface area (Å²) in [4.78, 5) is 21.4. The van der Waals surface area contributed by atoms with Crippen molar-refractivity contribution in [3.05, 3.63) is 33.4 Å². The summed E-state index contributed by atoms with van der Waals surface area (Å²) in [5.41, 5.74) is 2.11. The molecule has 2 unspecified atom stereocenters. The lowest BCUT2D eigenvalue weighted by molar-refractivity contribution is 0.487. The molecule has 114 valence electrons. The Kier molecular flexibility index (Phi) is 3.87. The van der Waals surface area contributed by atoms with Crippen LogP contribution in [-0.2, 0) is 0 Å². The zero-order chi connectivity index (χ0) is 14.9. The summed E-state index contributed by atoms with van der Waals surface area (Å²) in [5, 5.41) is 9.09. The molecule has 1 aromatic heterocycles. The molecule has 8 heteroatoms. The lowest BCUT2D eigenvalue weighted by atomic mass is 9.98. The summed E-state index contributed by atoms with van der Waals surface area (Å²) in [5.74, 6) is 1.76. The summed E-state index contributed by atoms with van der Waals surface area (Å²) in [6, 6.07) is -0.0441. The maximum atomic E-state index is 12.4. The Morgan fingerprint density at radius 1 is 1.32 bits per heavy atom. The van der Waals surface area contributed by atoms with Gasteiger partial charge in [-0.25, -0.2) is 4.79 Å². The van der Waals surface area contributed by atoms with E-state index < -0.39 is 0 Å². The van der Waals surface area contributed by atoms with E-state index in [-0.39, 0.29) is 17.0 Å². The van der Waals surface area contributed by atoms with Crippen molar-refractivity contribution in [2.45, 2.75) is 17.8 Å². The van der Waals surface area contributed by atoms with Crippen molar-refractivity contribution in [2.24, 2.45) is 20.2 Å². The average Bonchev–Trinajstić information content (AvgIpc) is 3.28. The van der Waals surface area contributed by atoms with Crippen LogP contribution in [-0.4, -0.2) is 35.9 Å². The molecule has 0 N–H and O–H groups in total. The predicted octanol–water partition coefficient (Wildman–Crippen LogP) is 2.85. The second-order valence-corrected chi connectivity index (χ2v) is 7.30. The summed E-state index contributed by atoms with van der Waals surface area (Å²) < 4.78 is 5.31. The summed E-state index contributed by atoms with van der Waals surface area (Å²) in [6.45, 7) is 1.50. The Hall–Kier alpha value is -1.41. The summed E-state index contributed by atoms with van der Waals surface area (Å²) >= 11 is 3.32. The van der Waals surface area contributed by atoms with Crippen LogP contribution in [0.1, 0.15) is 34.5 Å². The van der Waals surface area contributed by atoms with Gasteiger partial charge in [-0.3, -0.25) is 9.98 Å². The van der Waals surface area contributed by atoms with Gasteiger partial charge in [-0.2, -0.15) is 10.2 Å². The highest BCUT2D eigenvalue weighted by molar-refractivity contribution is 8.14. The van der Waals surface area contributed by atoms with Crippen LogP contribution in [0.4, 0.5) is 0 Å². The Labute approximate surface area is 135 Å². The fourth-order valence-electron chi connectivity index (χ4n) is 2.78. The van der Waals surface area contributed by atoms with E-state index >= 15 is 0 Å². The molecule has 0 aromatic carbocycles. The molecule has 0 saturated heterocycles. The summed E-state index contributed by atoms with van der Waals surface area (Å²) in [7, 11) is 0. The van der Waals surface area contributed by atoms with Gasteiger partial charge in [-0.15, -0.1) is 23.5 Å². The molecule has 3 aliphatic heterocycles. The minimum atomic E-state index is -0.319. The summed E-state index contributed by atoms with van der Waals surface area (Å²) in [6.07, 6.45) is 4.24. The first kappa shape index (κ1) is 14.2. The minimum absolute atomic E-state index is 0.0441. The maximum Gasteiger partial charge on any atom is 0.342 e. The van der Waals surface area contributed by atoms with Crippen molar-refractivity contribution in [1.82, 2.24) is 0 Å². The topological polar surface area (TPSA) is 79.6 Å². The fourth-order valence-corrected chi connectivity index (χ4v) is 4.62. The Balaban J connectivity index is 1.91. The van der Waals surface area contributed by atoms with E-state index in [1.165, 1.54) is 0 Å². The third-order valence-electron chi connectivity index (χ3n) is 3.77. The molecule has 4 heterocycles. The number of hydrogen-bond acceptors (Lipinski definition) is 8. The molecule has 0 amide bonds. The first-order valence-corrected chi connectivity index (χ1v) is 9.21. The molecular weight excluding hydrogens is 320 g/mol. The van der Waals surface area contributed by atoms with Crippen molar-refractivity contribution in [3.63, 3.8) is 0 Å². The molecule has 0 aliphatic carbocycles. The molecule has 4 rings (SSSR count). The Bertz CT molecular complexity index is 741. The van der Waals surface area contributed by atoms with E-state index in [0.717, 1.165) is 40.6 Å². The highest BCUT2D eigenvalue weighted by Crippen LogP contribution is 2.39. The number of aliphatic imine (C=N–C) groups is 2. The first-order chi connectivity index (χ1) is 10.8. The van der Waals surface area contributed by atoms with Crippen LogP contribution >= 0.6 is 23.5 Å². The number of azo groups is 1. The quantitative estimate of drug-likeness (QED) is 0.851. The van der Waals surface area contributed by atoms with E-state index in [1.54, 1.807) is 29.8 Å². The molecule has 0 radical (unpaired) electrons. The van der Waals surface area contributed by atoms with Crippen LogP contribution < -0.4 is 5.63 Å². The largest absolute Gasteiger partial charge is 0.431 e. The molecular formula is C14H14N4O2S2. The smallest absolute Gasteiger partial charge is 0.342 e. The fraction of sp³-hybridized carbons (Fsp3) is 0.500. The molecule has 0 spiro atoms. The third-order valence-corrected chi connectivity index (χ3v) is 5.78. The van der Waals surface area contributed by atoms with Gasteiger partial charge in [-0.1, -0.05) is 0 Å². The Morgan fingerprint density at radius 3 is 2.95 bits per heavy atom. The second kappa shape index (κ2) is 6.00. The third kappa shape index (κ3) is 2.44. The van der Waals surface area contributed by atoms with E-state index in [2.05, 4.69) is 20.2 Å². The molecule has 1 aromatic rings. The van der Waals surface area contributed by atoms with Gasteiger partial charge in [0.15, 0.2) is 0 Å². The van der Waals surface area contributed by atoms with Gasteiger partial charge in [0.25, 0.3) is 0 Å². The molecule has 3 aliphatic rings. The SMILES string of the molecule is O=c1occ(C2CCN=N2)c(C2=NCCS2)c1C1N=CCS1. The minimum Gasteiger partial charge on any atom is -0.431 e. The van der Waals surface area contributed by atoms with Crippen LogP contribution in [0.2, 0.25) is 0 Å². The molecule has 0 saturated carbocycles. The molecule has 0 bridgehead atoms. The van der Waals surface area contributed by atoms with Crippen LogP contribution in [0.25, 0.3) is 0 Å². The van der Waals surface area contributed by atoms with Crippen LogP contribution in [0.3, 0.4) is 0 Å². The van der Waals surface area contributed by atoms with E-state index in [4.69, 9.17) is 4.42 Å². The van der Waals surface area contributed by atoms with Gasteiger partial charge in [0, 0.05) is 35.4 Å². The van der Waals surface area contributed by atoms with Gasteiger partial charge in [0.1, 0.15) is 17.7 Å². The van der Waals surface area contributed by atoms with Crippen molar-refractivity contribution >= 4 is 34.8 Å². The van der Waals surface area contributed by atoms with Gasteiger partial charge in [0.05, 0.1) is 17.2 Å². The molecule has 0 fully saturated rings. The molecule has 22 heavy (non-hydrogen) atoms. The van der Waals surface area contributed by atoms with Crippen molar-refractivity contribution < 1.29 is 4.42 Å². The van der Waals surface area contributed by atoms with Gasteiger partial charge in [0.2, 0.25) is 0 Å². The van der Waals surface area contributed by atoms with Gasteiger partial charge in [-0.05, 0) is 6.42 Å². The van der Waals surface area contributed by atoms with Crippen LogP contribution in [0.5, 0.6) is 0 Å². The maximum absolute atomic E-state index is 12.4. The lowest BCUT2D eigenvalue weighted by Gasteiger charge is -2.17. The van der Waals surface area contributed by atoms with Crippen molar-refractivity contribution in [3.8, 4) is 0 Å². The number of nitrogens with zero attached hydrogens (tertiary/aromatic N) is 4. The van der Waals surface area contributed by atoms with Gasteiger partial charge < -0.3 is 4.42 Å². The van der Waals surface area contributed by atoms with Gasteiger partial charge >= 0.3 is 5.63 Å². The van der Waals surface area contributed by atoms with E-state index in [0.29, 0.717) is 12.1 Å². The first-order valence-electron chi connectivity index (χ1n) is 7.17. The number of rotatable bonds is 3. The van der Waals surface area contributed by atoms with Crippen LogP contribution in [0, 0.1) is 0 Å². The standard InChI is InChI=1S/C14H14N4O2S2/c19-14-11(13-16-4-6-22-13)10(12-15-3-5-21-12)8(7-20-14)9-1-2-17-18-9/h4,7,9,13H,1-3,5-6H2. The zero-order valence-electron chi connectivity index (χ0n) is 11.8. The number of hydrogen-bond donors (Lipinski definition) is 0. The molecule has 6 nitrogen and oxygen atoms in total. The monoisotopic (exact) mass is 334 g/mol. The highest BCUT2D eigenvalue weighted by atomic mass is 32.2. The molecule has 2 atom stereocenters. The predicted molar refractivity (Wildman–Crippen MR) is 89.6 cm³/mol. The number of thioether (sulfide) groups is 2. The van der Waals surface area contributed by atoms with E-state index in [9.17, 15) is 4.79 Å².